The number of alkyl halides is 3. The molecule has 1 aromatic rings. The first-order valence-corrected chi connectivity index (χ1v) is 7.53. The Hall–Kier alpha value is -0.360. The molecule has 6 heteroatoms. The third kappa shape index (κ3) is 3.35. The summed E-state index contributed by atoms with van der Waals surface area (Å²) in [5.41, 5.74) is -0.120. The SMILES string of the molecule is CSC1(CNc2cc(Br)cc(C(F)(F)F)c2)CC1. The molecule has 0 bridgehead atoms. The number of benzene rings is 1. The molecule has 1 N–H and O–H groups in total. The minimum Gasteiger partial charge on any atom is -0.384 e. The van der Waals surface area contributed by atoms with Gasteiger partial charge in [0.2, 0.25) is 0 Å². The van der Waals surface area contributed by atoms with Crippen molar-refractivity contribution in [2.24, 2.45) is 0 Å². The van der Waals surface area contributed by atoms with Crippen molar-refractivity contribution in [3.8, 4) is 0 Å². The van der Waals surface area contributed by atoms with Crippen LogP contribution >= 0.6 is 27.7 Å². The van der Waals surface area contributed by atoms with E-state index in [1.165, 1.54) is 0 Å². The van der Waals surface area contributed by atoms with E-state index < -0.39 is 11.7 Å². The fraction of sp³-hybridized carbons (Fsp3) is 0.500. The number of nitrogens with one attached hydrogen (secondary N) is 1. The Kier molecular flexibility index (Phi) is 3.88. The van der Waals surface area contributed by atoms with Gasteiger partial charge in [-0.05, 0) is 37.3 Å². The summed E-state index contributed by atoms with van der Waals surface area (Å²) in [5.74, 6) is 0. The summed E-state index contributed by atoms with van der Waals surface area (Å²) in [4.78, 5) is 0. The van der Waals surface area contributed by atoms with Gasteiger partial charge < -0.3 is 5.32 Å². The normalized spacial score (nSPS) is 17.6. The van der Waals surface area contributed by atoms with E-state index in [1.807, 2.05) is 6.26 Å². The molecule has 1 fully saturated rings. The molecule has 0 saturated heterocycles. The maximum Gasteiger partial charge on any atom is 0.416 e. The van der Waals surface area contributed by atoms with Gasteiger partial charge in [-0.3, -0.25) is 0 Å². The van der Waals surface area contributed by atoms with Crippen LogP contribution in [0.2, 0.25) is 0 Å². The lowest BCUT2D eigenvalue weighted by Crippen LogP contribution is -2.17. The van der Waals surface area contributed by atoms with Crippen LogP contribution in [0.3, 0.4) is 0 Å². The van der Waals surface area contributed by atoms with E-state index >= 15 is 0 Å². The van der Waals surface area contributed by atoms with Crippen molar-refractivity contribution in [2.45, 2.75) is 23.8 Å². The zero-order chi connectivity index (χ0) is 13.4. The third-order valence-corrected chi connectivity index (χ3v) is 4.96. The molecule has 2 rings (SSSR count). The van der Waals surface area contributed by atoms with Crippen molar-refractivity contribution in [3.63, 3.8) is 0 Å². The lowest BCUT2D eigenvalue weighted by atomic mass is 10.2. The largest absolute Gasteiger partial charge is 0.416 e. The van der Waals surface area contributed by atoms with Crippen LogP contribution in [0, 0.1) is 0 Å². The van der Waals surface area contributed by atoms with E-state index in [2.05, 4.69) is 21.2 Å². The van der Waals surface area contributed by atoms with Crippen LogP contribution in [0.15, 0.2) is 22.7 Å². The number of rotatable bonds is 4. The molecule has 0 heterocycles. The van der Waals surface area contributed by atoms with Gasteiger partial charge in [-0.25, -0.2) is 0 Å². The molecule has 0 spiro atoms. The standard InChI is InChI=1S/C12H13BrF3NS/c1-18-11(2-3-11)7-17-10-5-8(12(14,15)16)4-9(13)6-10/h4-6,17H,2-3,7H2,1H3. The predicted octanol–water partition coefficient (Wildman–Crippen LogP) is 4.78. The molecular weight excluding hydrogens is 327 g/mol. The highest BCUT2D eigenvalue weighted by molar-refractivity contribution is 9.10. The molecule has 1 nitrogen and oxygen atoms in total. The molecule has 0 atom stereocenters. The molecule has 1 aliphatic rings. The summed E-state index contributed by atoms with van der Waals surface area (Å²) in [5, 5.41) is 3.10. The molecule has 0 aromatic heterocycles. The number of halogens is 4. The molecule has 0 unspecified atom stereocenters. The fourth-order valence-corrected chi connectivity index (χ4v) is 2.93. The van der Waals surface area contributed by atoms with Crippen molar-refractivity contribution < 1.29 is 13.2 Å². The molecule has 100 valence electrons. The van der Waals surface area contributed by atoms with Crippen molar-refractivity contribution in [1.29, 1.82) is 0 Å². The predicted molar refractivity (Wildman–Crippen MR) is 73.1 cm³/mol. The molecule has 1 aliphatic carbocycles. The first-order valence-electron chi connectivity index (χ1n) is 5.51. The Morgan fingerprint density at radius 1 is 1.33 bits per heavy atom. The lowest BCUT2D eigenvalue weighted by Gasteiger charge is -2.16. The van der Waals surface area contributed by atoms with E-state index in [0.717, 1.165) is 25.0 Å². The summed E-state index contributed by atoms with van der Waals surface area (Å²) in [6, 6.07) is 3.92. The molecule has 0 radical (unpaired) electrons. The number of thioether (sulfide) groups is 1. The smallest absolute Gasteiger partial charge is 0.384 e. The Labute approximate surface area is 117 Å². The molecule has 0 amide bonds. The molecule has 18 heavy (non-hydrogen) atoms. The van der Waals surface area contributed by atoms with E-state index in [9.17, 15) is 13.2 Å². The summed E-state index contributed by atoms with van der Waals surface area (Å²) < 4.78 is 38.6. The van der Waals surface area contributed by atoms with Crippen LogP contribution in [0.1, 0.15) is 18.4 Å². The second-order valence-electron chi connectivity index (χ2n) is 4.47. The highest BCUT2D eigenvalue weighted by atomic mass is 79.9. The monoisotopic (exact) mass is 339 g/mol. The maximum absolute atomic E-state index is 12.6. The van der Waals surface area contributed by atoms with E-state index in [1.54, 1.807) is 17.8 Å². The van der Waals surface area contributed by atoms with Gasteiger partial charge in [-0.1, -0.05) is 15.9 Å². The number of hydrogen-bond acceptors (Lipinski definition) is 2. The highest BCUT2D eigenvalue weighted by Gasteiger charge is 2.41. The average Bonchev–Trinajstić information content (AvgIpc) is 3.05. The van der Waals surface area contributed by atoms with Crippen LogP contribution in [-0.2, 0) is 6.18 Å². The zero-order valence-electron chi connectivity index (χ0n) is 9.77. The van der Waals surface area contributed by atoms with Gasteiger partial charge in [0.25, 0.3) is 0 Å². The minimum absolute atomic E-state index is 0.223. The van der Waals surface area contributed by atoms with Crippen LogP contribution in [-0.4, -0.2) is 17.5 Å². The van der Waals surface area contributed by atoms with Gasteiger partial charge in [0.05, 0.1) is 5.56 Å². The Morgan fingerprint density at radius 2 is 2.00 bits per heavy atom. The van der Waals surface area contributed by atoms with E-state index in [-0.39, 0.29) is 4.75 Å². The Bertz CT molecular complexity index is 443. The molecule has 1 aromatic carbocycles. The second-order valence-corrected chi connectivity index (χ2v) is 6.66. The fourth-order valence-electron chi connectivity index (χ4n) is 1.71. The van der Waals surface area contributed by atoms with Crippen LogP contribution in [0.4, 0.5) is 18.9 Å². The third-order valence-electron chi connectivity index (χ3n) is 3.08. The summed E-state index contributed by atoms with van der Waals surface area (Å²) in [6.07, 6.45) is -0.0175. The van der Waals surface area contributed by atoms with E-state index in [4.69, 9.17) is 0 Å². The lowest BCUT2D eigenvalue weighted by molar-refractivity contribution is -0.137. The summed E-state index contributed by atoms with van der Waals surface area (Å²) in [7, 11) is 0. The molecular formula is C12H13BrF3NS. The van der Waals surface area contributed by atoms with Crippen molar-refractivity contribution in [2.75, 3.05) is 18.1 Å². The van der Waals surface area contributed by atoms with Crippen molar-refractivity contribution >= 4 is 33.4 Å². The quantitative estimate of drug-likeness (QED) is 0.847. The minimum atomic E-state index is -4.31. The van der Waals surface area contributed by atoms with Gasteiger partial charge in [-0.2, -0.15) is 24.9 Å². The average molecular weight is 340 g/mol. The van der Waals surface area contributed by atoms with Gasteiger partial charge in [0, 0.05) is 21.5 Å². The number of anilines is 1. The van der Waals surface area contributed by atoms with Gasteiger partial charge in [0.1, 0.15) is 0 Å². The van der Waals surface area contributed by atoms with Gasteiger partial charge >= 0.3 is 6.18 Å². The van der Waals surface area contributed by atoms with Crippen molar-refractivity contribution in [3.05, 3.63) is 28.2 Å². The maximum atomic E-state index is 12.6. The van der Waals surface area contributed by atoms with E-state index in [0.29, 0.717) is 16.7 Å². The summed E-state index contributed by atoms with van der Waals surface area (Å²) in [6.45, 7) is 0.710. The Morgan fingerprint density at radius 3 is 2.50 bits per heavy atom. The second kappa shape index (κ2) is 4.96. The first kappa shape index (κ1) is 14.1. The molecule has 1 saturated carbocycles. The molecule has 0 aliphatic heterocycles. The van der Waals surface area contributed by atoms with Crippen molar-refractivity contribution in [1.82, 2.24) is 0 Å². The number of hydrogen-bond donors (Lipinski definition) is 1. The topological polar surface area (TPSA) is 12.0 Å². The van der Waals surface area contributed by atoms with Gasteiger partial charge in [-0.15, -0.1) is 0 Å². The van der Waals surface area contributed by atoms with Crippen LogP contribution in [0.25, 0.3) is 0 Å². The zero-order valence-corrected chi connectivity index (χ0v) is 12.2. The Balaban J connectivity index is 2.11. The first-order chi connectivity index (χ1) is 8.35. The summed E-state index contributed by atoms with van der Waals surface area (Å²) >= 11 is 4.89. The van der Waals surface area contributed by atoms with Gasteiger partial charge in [0.15, 0.2) is 0 Å². The van der Waals surface area contributed by atoms with Crippen LogP contribution < -0.4 is 5.32 Å². The highest BCUT2D eigenvalue weighted by Crippen LogP contribution is 2.47. The van der Waals surface area contributed by atoms with Crippen LogP contribution in [0.5, 0.6) is 0 Å².